The van der Waals surface area contributed by atoms with Crippen molar-refractivity contribution >= 4 is 29.1 Å². The van der Waals surface area contributed by atoms with E-state index in [1.165, 1.54) is 0 Å². The van der Waals surface area contributed by atoms with Crippen molar-refractivity contribution in [3.8, 4) is 0 Å². The molecule has 2 atom stereocenters. The van der Waals surface area contributed by atoms with Gasteiger partial charge in [0.05, 0.1) is 15.6 Å². The lowest BCUT2D eigenvalue weighted by Crippen LogP contribution is -2.35. The van der Waals surface area contributed by atoms with Gasteiger partial charge >= 0.3 is 0 Å². The minimum Gasteiger partial charge on any atom is -0.352 e. The summed E-state index contributed by atoms with van der Waals surface area (Å²) in [6.07, 6.45) is 0. The van der Waals surface area contributed by atoms with Gasteiger partial charge in [0.1, 0.15) is 0 Å². The summed E-state index contributed by atoms with van der Waals surface area (Å²) >= 11 is 11.9. The van der Waals surface area contributed by atoms with Crippen LogP contribution in [0.5, 0.6) is 0 Å². The van der Waals surface area contributed by atoms with E-state index in [0.29, 0.717) is 34.1 Å². The van der Waals surface area contributed by atoms with E-state index in [-0.39, 0.29) is 5.91 Å². The lowest BCUT2D eigenvalue weighted by Gasteiger charge is -2.15. The summed E-state index contributed by atoms with van der Waals surface area (Å²) in [5, 5.41) is 3.57. The smallest absolute Gasteiger partial charge is 0.252 e. The van der Waals surface area contributed by atoms with Gasteiger partial charge < -0.3 is 5.32 Å². The summed E-state index contributed by atoms with van der Waals surface area (Å²) in [5.74, 6) is 0.175. The number of hydrogen-bond acceptors (Lipinski definition) is 3. The zero-order valence-electron chi connectivity index (χ0n) is 9.97. The summed E-state index contributed by atoms with van der Waals surface area (Å²) in [6, 6.07) is 5.37. The largest absolute Gasteiger partial charge is 0.352 e. The predicted molar refractivity (Wildman–Crippen MR) is 72.9 cm³/mol. The summed E-state index contributed by atoms with van der Waals surface area (Å²) in [5.41, 5.74) is 6.58. The van der Waals surface area contributed by atoms with Crippen molar-refractivity contribution in [2.24, 2.45) is 5.92 Å². The average molecular weight is 288 g/mol. The van der Waals surface area contributed by atoms with Gasteiger partial charge in [0, 0.05) is 25.0 Å². The SMILES string of the molecule is CC1NNCC1CNC(=O)c1cccc(Cl)c1Cl. The number of hydrazine groups is 1. The molecule has 1 aromatic carbocycles. The summed E-state index contributed by atoms with van der Waals surface area (Å²) in [6.45, 7) is 3.51. The topological polar surface area (TPSA) is 53.2 Å². The van der Waals surface area contributed by atoms with Crippen LogP contribution in [-0.4, -0.2) is 25.0 Å². The van der Waals surface area contributed by atoms with E-state index < -0.39 is 0 Å². The highest BCUT2D eigenvalue weighted by molar-refractivity contribution is 6.43. The van der Waals surface area contributed by atoms with Gasteiger partial charge in [0.25, 0.3) is 5.91 Å². The Morgan fingerprint density at radius 1 is 1.50 bits per heavy atom. The normalized spacial score (nSPS) is 23.1. The number of amides is 1. The van der Waals surface area contributed by atoms with Crippen LogP contribution in [0.25, 0.3) is 0 Å². The van der Waals surface area contributed by atoms with Crippen LogP contribution in [0.4, 0.5) is 0 Å². The second kappa shape index (κ2) is 5.89. The van der Waals surface area contributed by atoms with Crippen LogP contribution in [0.2, 0.25) is 10.0 Å². The molecule has 0 aromatic heterocycles. The van der Waals surface area contributed by atoms with Crippen molar-refractivity contribution in [3.63, 3.8) is 0 Å². The number of hydrogen-bond donors (Lipinski definition) is 3. The van der Waals surface area contributed by atoms with E-state index in [4.69, 9.17) is 23.2 Å². The molecular weight excluding hydrogens is 273 g/mol. The molecule has 0 aliphatic carbocycles. The van der Waals surface area contributed by atoms with Crippen molar-refractivity contribution in [1.29, 1.82) is 0 Å². The van der Waals surface area contributed by atoms with E-state index in [2.05, 4.69) is 23.1 Å². The molecule has 0 spiro atoms. The number of benzene rings is 1. The van der Waals surface area contributed by atoms with E-state index in [1.54, 1.807) is 18.2 Å². The molecule has 2 rings (SSSR count). The molecule has 1 heterocycles. The molecule has 0 saturated carbocycles. The first-order valence-corrected chi connectivity index (χ1v) is 6.55. The fourth-order valence-electron chi connectivity index (χ4n) is 1.89. The third-order valence-electron chi connectivity index (χ3n) is 3.12. The van der Waals surface area contributed by atoms with Gasteiger partial charge in [0.15, 0.2) is 0 Å². The molecule has 1 fully saturated rings. The molecule has 98 valence electrons. The molecule has 3 N–H and O–H groups in total. The van der Waals surface area contributed by atoms with Crippen LogP contribution in [0.15, 0.2) is 18.2 Å². The maximum Gasteiger partial charge on any atom is 0.252 e. The zero-order valence-corrected chi connectivity index (χ0v) is 11.5. The Bertz CT molecular complexity index is 453. The summed E-state index contributed by atoms with van der Waals surface area (Å²) < 4.78 is 0. The monoisotopic (exact) mass is 287 g/mol. The zero-order chi connectivity index (χ0) is 13.1. The summed E-state index contributed by atoms with van der Waals surface area (Å²) in [7, 11) is 0. The second-order valence-corrected chi connectivity index (χ2v) is 5.17. The standard InChI is InChI=1S/C12H15Cl2N3O/c1-7-8(6-16-17-7)5-15-12(18)9-3-2-4-10(13)11(9)14/h2-4,7-8,16-17H,5-6H2,1H3,(H,15,18). The molecule has 6 heteroatoms. The number of rotatable bonds is 3. The first-order valence-electron chi connectivity index (χ1n) is 5.80. The van der Waals surface area contributed by atoms with Gasteiger partial charge in [-0.25, -0.2) is 0 Å². The van der Waals surface area contributed by atoms with Crippen molar-refractivity contribution in [2.75, 3.05) is 13.1 Å². The van der Waals surface area contributed by atoms with Crippen LogP contribution >= 0.6 is 23.2 Å². The highest BCUT2D eigenvalue weighted by atomic mass is 35.5. The Kier molecular flexibility index (Phi) is 4.45. The van der Waals surface area contributed by atoms with Crippen molar-refractivity contribution in [2.45, 2.75) is 13.0 Å². The van der Waals surface area contributed by atoms with Crippen molar-refractivity contribution < 1.29 is 4.79 Å². The van der Waals surface area contributed by atoms with Gasteiger partial charge in [-0.3, -0.25) is 15.6 Å². The fourth-order valence-corrected chi connectivity index (χ4v) is 2.28. The van der Waals surface area contributed by atoms with Gasteiger partial charge in [-0.15, -0.1) is 0 Å². The van der Waals surface area contributed by atoms with Crippen LogP contribution in [0.3, 0.4) is 0 Å². The minimum absolute atomic E-state index is 0.193. The third-order valence-corrected chi connectivity index (χ3v) is 3.94. The lowest BCUT2D eigenvalue weighted by molar-refractivity contribution is 0.0947. The van der Waals surface area contributed by atoms with Gasteiger partial charge in [-0.1, -0.05) is 29.3 Å². The molecule has 2 unspecified atom stereocenters. The molecule has 1 aromatic rings. The third kappa shape index (κ3) is 2.95. The molecule has 18 heavy (non-hydrogen) atoms. The van der Waals surface area contributed by atoms with Gasteiger partial charge in [-0.05, 0) is 19.1 Å². The van der Waals surface area contributed by atoms with Crippen LogP contribution in [0, 0.1) is 5.92 Å². The van der Waals surface area contributed by atoms with Gasteiger partial charge in [0.2, 0.25) is 0 Å². The van der Waals surface area contributed by atoms with Crippen LogP contribution in [0.1, 0.15) is 17.3 Å². The number of carbonyl (C=O) groups excluding carboxylic acids is 1. The number of halogens is 2. The molecule has 0 radical (unpaired) electrons. The fraction of sp³-hybridized carbons (Fsp3) is 0.417. The molecule has 1 aliphatic heterocycles. The minimum atomic E-state index is -0.193. The Balaban J connectivity index is 1.97. The maximum atomic E-state index is 12.0. The molecule has 1 amide bonds. The molecule has 4 nitrogen and oxygen atoms in total. The Morgan fingerprint density at radius 2 is 2.28 bits per heavy atom. The molecule has 0 bridgehead atoms. The van der Waals surface area contributed by atoms with Crippen LogP contribution in [-0.2, 0) is 0 Å². The van der Waals surface area contributed by atoms with Crippen molar-refractivity contribution in [3.05, 3.63) is 33.8 Å². The van der Waals surface area contributed by atoms with E-state index in [1.807, 2.05) is 0 Å². The van der Waals surface area contributed by atoms with E-state index in [0.717, 1.165) is 6.54 Å². The number of nitrogens with one attached hydrogen (secondary N) is 3. The molecular formula is C12H15Cl2N3O. The lowest BCUT2D eigenvalue weighted by atomic mass is 10.0. The van der Waals surface area contributed by atoms with Gasteiger partial charge in [-0.2, -0.15) is 0 Å². The second-order valence-electron chi connectivity index (χ2n) is 4.39. The molecule has 1 saturated heterocycles. The number of carbonyl (C=O) groups is 1. The maximum absolute atomic E-state index is 12.0. The predicted octanol–water partition coefficient (Wildman–Crippen LogP) is 1.84. The Morgan fingerprint density at radius 3 is 2.94 bits per heavy atom. The Hall–Kier alpha value is -0.810. The van der Waals surface area contributed by atoms with E-state index >= 15 is 0 Å². The Labute approximate surface area is 116 Å². The molecule has 1 aliphatic rings. The van der Waals surface area contributed by atoms with Crippen LogP contribution < -0.4 is 16.2 Å². The quantitative estimate of drug-likeness (QED) is 0.795. The van der Waals surface area contributed by atoms with Crippen molar-refractivity contribution in [1.82, 2.24) is 16.2 Å². The summed E-state index contributed by atoms with van der Waals surface area (Å²) in [4.78, 5) is 12.0. The first kappa shape index (κ1) is 13.6. The highest BCUT2D eigenvalue weighted by Crippen LogP contribution is 2.25. The first-order chi connectivity index (χ1) is 8.59. The van der Waals surface area contributed by atoms with E-state index in [9.17, 15) is 4.79 Å². The average Bonchev–Trinajstić information content (AvgIpc) is 2.75. The highest BCUT2D eigenvalue weighted by Gasteiger charge is 2.23.